The van der Waals surface area contributed by atoms with Crippen molar-refractivity contribution in [1.82, 2.24) is 10.2 Å². The van der Waals surface area contributed by atoms with Crippen LogP contribution in [-0.2, 0) is 16.1 Å². The molecule has 2 rings (SSSR count). The van der Waals surface area contributed by atoms with Gasteiger partial charge in [0, 0.05) is 9.35 Å². The fourth-order valence-corrected chi connectivity index (χ4v) is 3.74. The molecule has 1 aromatic heterocycles. The maximum absolute atomic E-state index is 12.5. The van der Waals surface area contributed by atoms with E-state index in [9.17, 15) is 9.59 Å². The summed E-state index contributed by atoms with van der Waals surface area (Å²) in [6.07, 6.45) is 0.622. The van der Waals surface area contributed by atoms with Gasteiger partial charge in [0.1, 0.15) is 11.6 Å². The third kappa shape index (κ3) is 2.69. The van der Waals surface area contributed by atoms with Crippen LogP contribution in [0.3, 0.4) is 0 Å². The molecule has 0 saturated carbocycles. The Morgan fingerprint density at radius 2 is 2.16 bits per heavy atom. The highest BCUT2D eigenvalue weighted by molar-refractivity contribution is 9.10. The summed E-state index contributed by atoms with van der Waals surface area (Å²) >= 11 is 5.06. The summed E-state index contributed by atoms with van der Waals surface area (Å²) in [4.78, 5) is 27.4. The molecule has 0 aromatic carbocycles. The van der Waals surface area contributed by atoms with Gasteiger partial charge >= 0.3 is 0 Å². The first-order valence-corrected chi connectivity index (χ1v) is 7.89. The molecular formula is C13H17BrN2O2S. The first-order chi connectivity index (χ1) is 8.86. The minimum absolute atomic E-state index is 0.0285. The van der Waals surface area contributed by atoms with Crippen LogP contribution in [0.4, 0.5) is 0 Å². The summed E-state index contributed by atoms with van der Waals surface area (Å²) in [5.41, 5.74) is -0.827. The third-order valence-electron chi connectivity index (χ3n) is 3.30. The smallest absolute Gasteiger partial charge is 0.248 e. The molecule has 0 spiro atoms. The molecule has 1 aliphatic rings. The second-order valence-corrected chi connectivity index (χ2v) is 7.02. The van der Waals surface area contributed by atoms with Crippen molar-refractivity contribution in [3.63, 3.8) is 0 Å². The standard InChI is InChI=1S/C13H17BrN2O2S/c1-4-9-11(17)15-13(2,3)12(18)16(9)7-10-8(14)5-6-19-10/h5-6,9H,4,7H2,1-3H3,(H,15,17). The zero-order valence-electron chi connectivity index (χ0n) is 11.2. The first-order valence-electron chi connectivity index (χ1n) is 6.21. The number of thiophene rings is 1. The number of piperazine rings is 1. The summed E-state index contributed by atoms with van der Waals surface area (Å²) in [5, 5.41) is 4.76. The van der Waals surface area contributed by atoms with E-state index in [-0.39, 0.29) is 17.9 Å². The molecule has 0 radical (unpaired) electrons. The zero-order chi connectivity index (χ0) is 14.2. The molecule has 2 amide bonds. The largest absolute Gasteiger partial charge is 0.340 e. The van der Waals surface area contributed by atoms with Gasteiger partial charge < -0.3 is 10.2 Å². The Kier molecular flexibility index (Phi) is 4.01. The molecule has 1 atom stereocenters. The minimum Gasteiger partial charge on any atom is -0.340 e. The lowest BCUT2D eigenvalue weighted by molar-refractivity contribution is -0.154. The maximum Gasteiger partial charge on any atom is 0.248 e. The quantitative estimate of drug-likeness (QED) is 0.915. The average molecular weight is 345 g/mol. The normalized spacial score (nSPS) is 22.5. The number of halogens is 1. The monoisotopic (exact) mass is 344 g/mol. The molecule has 1 aliphatic heterocycles. The topological polar surface area (TPSA) is 49.4 Å². The molecule has 4 nitrogen and oxygen atoms in total. The Bertz CT molecular complexity index is 512. The fourth-order valence-electron chi connectivity index (χ4n) is 2.27. The molecule has 0 bridgehead atoms. The van der Waals surface area contributed by atoms with Gasteiger partial charge in [-0.3, -0.25) is 9.59 Å². The summed E-state index contributed by atoms with van der Waals surface area (Å²) in [6, 6.07) is 1.58. The van der Waals surface area contributed by atoms with E-state index in [0.717, 1.165) is 9.35 Å². The van der Waals surface area contributed by atoms with E-state index in [1.54, 1.807) is 30.1 Å². The van der Waals surface area contributed by atoms with Crippen LogP contribution in [0, 0.1) is 0 Å². The van der Waals surface area contributed by atoms with E-state index in [1.165, 1.54) is 0 Å². The Labute approximate surface area is 125 Å². The summed E-state index contributed by atoms with van der Waals surface area (Å²) < 4.78 is 0.990. The number of hydrogen-bond donors (Lipinski definition) is 1. The number of nitrogens with zero attached hydrogens (tertiary/aromatic N) is 1. The van der Waals surface area contributed by atoms with Gasteiger partial charge in [-0.15, -0.1) is 11.3 Å². The number of carbonyl (C=O) groups excluding carboxylic acids is 2. The summed E-state index contributed by atoms with van der Waals surface area (Å²) in [7, 11) is 0. The first kappa shape index (κ1) is 14.5. The lowest BCUT2D eigenvalue weighted by Gasteiger charge is -2.42. The van der Waals surface area contributed by atoms with Crippen molar-refractivity contribution in [3.8, 4) is 0 Å². The van der Waals surface area contributed by atoms with E-state index in [0.29, 0.717) is 13.0 Å². The highest BCUT2D eigenvalue weighted by Gasteiger charge is 2.44. The number of nitrogens with one attached hydrogen (secondary N) is 1. The number of hydrogen-bond acceptors (Lipinski definition) is 3. The van der Waals surface area contributed by atoms with Gasteiger partial charge in [0.05, 0.1) is 6.54 Å². The number of carbonyl (C=O) groups is 2. The van der Waals surface area contributed by atoms with Crippen LogP contribution in [0.2, 0.25) is 0 Å². The molecule has 1 fully saturated rings. The Balaban J connectivity index is 2.30. The molecule has 104 valence electrons. The SMILES string of the molecule is CCC1C(=O)NC(C)(C)C(=O)N1Cc1sccc1Br. The molecule has 1 aromatic rings. The molecule has 2 heterocycles. The molecule has 6 heteroatoms. The molecule has 1 N–H and O–H groups in total. The second-order valence-electron chi connectivity index (χ2n) is 5.16. The average Bonchev–Trinajstić information content (AvgIpc) is 2.71. The van der Waals surface area contributed by atoms with Gasteiger partial charge in [0.25, 0.3) is 0 Å². The lowest BCUT2D eigenvalue weighted by Crippen LogP contribution is -2.67. The van der Waals surface area contributed by atoms with E-state index >= 15 is 0 Å². The molecule has 0 aliphatic carbocycles. The van der Waals surface area contributed by atoms with Gasteiger partial charge in [-0.1, -0.05) is 6.92 Å². The highest BCUT2D eigenvalue weighted by Crippen LogP contribution is 2.28. The second kappa shape index (κ2) is 5.25. The van der Waals surface area contributed by atoms with Crippen LogP contribution in [0.25, 0.3) is 0 Å². The summed E-state index contributed by atoms with van der Waals surface area (Å²) in [5.74, 6) is -0.0981. The predicted molar refractivity (Wildman–Crippen MR) is 78.9 cm³/mol. The number of amides is 2. The van der Waals surface area contributed by atoms with E-state index < -0.39 is 5.54 Å². The zero-order valence-corrected chi connectivity index (χ0v) is 13.6. The molecule has 19 heavy (non-hydrogen) atoms. The van der Waals surface area contributed by atoms with Gasteiger partial charge in [0.2, 0.25) is 11.8 Å². The minimum atomic E-state index is -0.827. The van der Waals surface area contributed by atoms with Crippen LogP contribution < -0.4 is 5.32 Å². The van der Waals surface area contributed by atoms with E-state index in [4.69, 9.17) is 0 Å². The van der Waals surface area contributed by atoms with Gasteiger partial charge in [-0.05, 0) is 47.6 Å². The van der Waals surface area contributed by atoms with Crippen molar-refractivity contribution >= 4 is 39.1 Å². The van der Waals surface area contributed by atoms with Crippen molar-refractivity contribution in [1.29, 1.82) is 0 Å². The molecular weight excluding hydrogens is 328 g/mol. The Morgan fingerprint density at radius 1 is 1.47 bits per heavy atom. The van der Waals surface area contributed by atoms with Crippen LogP contribution in [-0.4, -0.2) is 28.3 Å². The van der Waals surface area contributed by atoms with Crippen LogP contribution in [0.15, 0.2) is 15.9 Å². The number of rotatable bonds is 3. The third-order valence-corrected chi connectivity index (χ3v) is 5.21. The van der Waals surface area contributed by atoms with Crippen LogP contribution in [0.5, 0.6) is 0 Å². The Hall–Kier alpha value is -0.880. The lowest BCUT2D eigenvalue weighted by atomic mass is 9.95. The van der Waals surface area contributed by atoms with Gasteiger partial charge in [-0.2, -0.15) is 0 Å². The van der Waals surface area contributed by atoms with Crippen LogP contribution in [0.1, 0.15) is 32.1 Å². The van der Waals surface area contributed by atoms with E-state index in [1.807, 2.05) is 18.4 Å². The highest BCUT2D eigenvalue weighted by atomic mass is 79.9. The van der Waals surface area contributed by atoms with Crippen molar-refractivity contribution in [2.24, 2.45) is 0 Å². The van der Waals surface area contributed by atoms with Crippen LogP contribution >= 0.6 is 27.3 Å². The maximum atomic E-state index is 12.5. The van der Waals surface area contributed by atoms with Crippen molar-refractivity contribution in [2.45, 2.75) is 45.3 Å². The van der Waals surface area contributed by atoms with Crippen molar-refractivity contribution in [3.05, 3.63) is 20.8 Å². The van der Waals surface area contributed by atoms with Crippen molar-refractivity contribution < 1.29 is 9.59 Å². The van der Waals surface area contributed by atoms with Crippen molar-refractivity contribution in [2.75, 3.05) is 0 Å². The van der Waals surface area contributed by atoms with E-state index in [2.05, 4.69) is 21.2 Å². The Morgan fingerprint density at radius 3 is 2.68 bits per heavy atom. The van der Waals surface area contributed by atoms with Gasteiger partial charge in [-0.25, -0.2) is 0 Å². The predicted octanol–water partition coefficient (Wildman–Crippen LogP) is 2.53. The fraction of sp³-hybridized carbons (Fsp3) is 0.538. The molecule has 1 saturated heterocycles. The molecule has 1 unspecified atom stereocenters. The van der Waals surface area contributed by atoms with Gasteiger partial charge in [0.15, 0.2) is 0 Å². The summed E-state index contributed by atoms with van der Waals surface area (Å²) in [6.45, 7) is 5.89.